The van der Waals surface area contributed by atoms with Gasteiger partial charge in [-0.25, -0.2) is 0 Å². The molecule has 0 saturated heterocycles. The molecule has 2 aromatic carbocycles. The average molecular weight is 470 g/mol. The van der Waals surface area contributed by atoms with Gasteiger partial charge in [0.05, 0.1) is 16.5 Å². The highest BCUT2D eigenvalue weighted by Crippen LogP contribution is 2.24. The predicted octanol–water partition coefficient (Wildman–Crippen LogP) is 5.91. The summed E-state index contributed by atoms with van der Waals surface area (Å²) >= 11 is 18.1. The third-order valence-electron chi connectivity index (χ3n) is 4.49. The maximum absolute atomic E-state index is 13.3. The highest BCUT2D eigenvalue weighted by molar-refractivity contribution is 6.42. The lowest BCUT2D eigenvalue weighted by atomic mass is 10.0. The molecule has 0 heterocycles. The van der Waals surface area contributed by atoms with Crippen molar-refractivity contribution in [3.8, 4) is 0 Å². The summed E-state index contributed by atoms with van der Waals surface area (Å²) in [4.78, 5) is 27.9. The predicted molar refractivity (Wildman–Crippen MR) is 124 cm³/mol. The van der Waals surface area contributed by atoms with Crippen LogP contribution in [0.15, 0.2) is 42.5 Å². The highest BCUT2D eigenvalue weighted by atomic mass is 35.5. The number of carbonyl (C=O) groups is 2. The Hall–Kier alpha value is -1.75. The summed E-state index contributed by atoms with van der Waals surface area (Å²) in [7, 11) is 0. The highest BCUT2D eigenvalue weighted by Gasteiger charge is 2.30. The number of nitrogens with one attached hydrogen (secondary N) is 1. The smallest absolute Gasteiger partial charge is 0.243 e. The number of carbonyl (C=O) groups excluding carboxylic acids is 2. The van der Waals surface area contributed by atoms with Gasteiger partial charge in [-0.2, -0.15) is 0 Å². The third-order valence-corrected chi connectivity index (χ3v) is 5.48. The molecular weight excluding hydrogens is 443 g/mol. The molecule has 0 spiro atoms. The average Bonchev–Trinajstić information content (AvgIpc) is 2.64. The minimum atomic E-state index is -0.602. The summed E-state index contributed by atoms with van der Waals surface area (Å²) < 4.78 is 0. The van der Waals surface area contributed by atoms with Crippen molar-refractivity contribution < 1.29 is 9.59 Å². The fraction of sp³-hybridized carbons (Fsp3) is 0.391. The molecule has 2 amide bonds. The molecular formula is C23H27Cl3N2O2. The molecule has 0 aliphatic heterocycles. The Balaban J connectivity index is 2.32. The molecule has 2 rings (SSSR count). The van der Waals surface area contributed by atoms with Crippen LogP contribution in [-0.2, 0) is 22.6 Å². The molecule has 4 nitrogen and oxygen atoms in total. The number of hydrogen-bond acceptors (Lipinski definition) is 2. The van der Waals surface area contributed by atoms with Crippen molar-refractivity contribution in [2.45, 2.75) is 58.7 Å². The van der Waals surface area contributed by atoms with Crippen molar-refractivity contribution in [1.29, 1.82) is 0 Å². The van der Waals surface area contributed by atoms with Crippen molar-refractivity contribution in [1.82, 2.24) is 10.2 Å². The summed E-state index contributed by atoms with van der Waals surface area (Å²) in [6, 6.07) is 11.8. The van der Waals surface area contributed by atoms with Gasteiger partial charge in [0, 0.05) is 17.1 Å². The lowest BCUT2D eigenvalue weighted by Gasteiger charge is -2.33. The molecule has 0 aliphatic carbocycles. The van der Waals surface area contributed by atoms with E-state index in [-0.39, 0.29) is 18.2 Å². The van der Waals surface area contributed by atoms with E-state index in [1.54, 1.807) is 35.2 Å². The van der Waals surface area contributed by atoms with Gasteiger partial charge in [0.15, 0.2) is 0 Å². The second-order valence-electron chi connectivity index (χ2n) is 8.24. The normalized spacial score (nSPS) is 12.4. The van der Waals surface area contributed by atoms with Gasteiger partial charge < -0.3 is 10.2 Å². The Labute approximate surface area is 193 Å². The van der Waals surface area contributed by atoms with E-state index < -0.39 is 11.6 Å². The molecule has 0 radical (unpaired) electrons. The topological polar surface area (TPSA) is 49.4 Å². The molecule has 162 valence electrons. The molecule has 0 fully saturated rings. The zero-order valence-electron chi connectivity index (χ0n) is 17.6. The van der Waals surface area contributed by atoms with Crippen LogP contribution in [0, 0.1) is 0 Å². The van der Waals surface area contributed by atoms with Crippen LogP contribution in [0.25, 0.3) is 0 Å². The first-order chi connectivity index (χ1) is 14.0. The summed E-state index contributed by atoms with van der Waals surface area (Å²) in [5, 5.41) is 4.43. The maximum Gasteiger partial charge on any atom is 0.243 e. The lowest BCUT2D eigenvalue weighted by Crippen LogP contribution is -2.53. The molecule has 1 N–H and O–H groups in total. The van der Waals surface area contributed by atoms with Crippen LogP contribution in [-0.4, -0.2) is 28.3 Å². The Morgan fingerprint density at radius 2 is 1.57 bits per heavy atom. The first-order valence-electron chi connectivity index (χ1n) is 9.80. The van der Waals surface area contributed by atoms with E-state index in [0.717, 1.165) is 11.1 Å². The SMILES string of the molecule is CC[C@@H](C(=O)NC(C)(C)C)N(Cc1ccc(Cl)cc1)C(=O)Cc1ccc(Cl)c(Cl)c1. The van der Waals surface area contributed by atoms with Crippen molar-refractivity contribution in [3.63, 3.8) is 0 Å². The van der Waals surface area contributed by atoms with Crippen LogP contribution >= 0.6 is 34.8 Å². The van der Waals surface area contributed by atoms with Gasteiger partial charge in [0.25, 0.3) is 0 Å². The Kier molecular flexibility index (Phi) is 8.60. The Morgan fingerprint density at radius 3 is 2.10 bits per heavy atom. The largest absolute Gasteiger partial charge is 0.350 e. The van der Waals surface area contributed by atoms with Crippen LogP contribution in [0.5, 0.6) is 0 Å². The van der Waals surface area contributed by atoms with Crippen LogP contribution in [0.4, 0.5) is 0 Å². The van der Waals surface area contributed by atoms with Crippen molar-refractivity contribution in [2.24, 2.45) is 0 Å². The summed E-state index contributed by atoms with van der Waals surface area (Å²) in [6.07, 6.45) is 0.604. The fourth-order valence-electron chi connectivity index (χ4n) is 3.08. The zero-order valence-corrected chi connectivity index (χ0v) is 19.9. The second-order valence-corrected chi connectivity index (χ2v) is 9.49. The van der Waals surface area contributed by atoms with Crippen molar-refractivity contribution in [3.05, 3.63) is 68.7 Å². The second kappa shape index (κ2) is 10.5. The van der Waals surface area contributed by atoms with E-state index in [0.29, 0.717) is 28.0 Å². The molecule has 0 saturated carbocycles. The summed E-state index contributed by atoms with van der Waals surface area (Å²) in [5.41, 5.74) is 1.23. The monoisotopic (exact) mass is 468 g/mol. The number of benzene rings is 2. The van der Waals surface area contributed by atoms with Gasteiger partial charge in [0.2, 0.25) is 11.8 Å². The van der Waals surface area contributed by atoms with E-state index in [1.807, 2.05) is 39.8 Å². The van der Waals surface area contributed by atoms with Crippen LogP contribution in [0.2, 0.25) is 15.1 Å². The van der Waals surface area contributed by atoms with Crippen molar-refractivity contribution >= 4 is 46.6 Å². The van der Waals surface area contributed by atoms with E-state index in [9.17, 15) is 9.59 Å². The fourth-order valence-corrected chi connectivity index (χ4v) is 3.53. The van der Waals surface area contributed by atoms with Gasteiger partial charge in [-0.1, -0.05) is 59.9 Å². The van der Waals surface area contributed by atoms with Gasteiger partial charge in [0.1, 0.15) is 6.04 Å². The zero-order chi connectivity index (χ0) is 22.5. The molecule has 7 heteroatoms. The Bertz CT molecular complexity index is 892. The number of amides is 2. The molecule has 0 aliphatic rings. The first-order valence-corrected chi connectivity index (χ1v) is 10.9. The van der Waals surface area contributed by atoms with Gasteiger partial charge >= 0.3 is 0 Å². The number of rotatable bonds is 7. The minimum absolute atomic E-state index is 0.115. The van der Waals surface area contributed by atoms with Crippen LogP contribution in [0.1, 0.15) is 45.2 Å². The standard InChI is InChI=1S/C23H27Cl3N2O2/c1-5-20(22(30)27-23(2,3)4)28(14-15-6-9-17(24)10-7-15)21(29)13-16-8-11-18(25)19(26)12-16/h6-12,20H,5,13-14H2,1-4H3,(H,27,30)/t20-/m0/s1. The third kappa shape index (κ3) is 7.19. The Morgan fingerprint density at radius 1 is 0.967 bits per heavy atom. The molecule has 0 unspecified atom stereocenters. The van der Waals surface area contributed by atoms with Gasteiger partial charge in [-0.15, -0.1) is 0 Å². The van der Waals surface area contributed by atoms with Crippen molar-refractivity contribution in [2.75, 3.05) is 0 Å². The molecule has 0 aromatic heterocycles. The summed E-state index contributed by atoms with van der Waals surface area (Å²) in [5.74, 6) is -0.347. The van der Waals surface area contributed by atoms with E-state index >= 15 is 0 Å². The lowest BCUT2D eigenvalue weighted by molar-refractivity contribution is -0.141. The summed E-state index contributed by atoms with van der Waals surface area (Å²) in [6.45, 7) is 7.94. The number of halogens is 3. The van der Waals surface area contributed by atoms with Gasteiger partial charge in [-0.05, 0) is 62.6 Å². The molecule has 0 bridgehead atoms. The van der Waals surface area contributed by atoms with Crippen LogP contribution in [0.3, 0.4) is 0 Å². The van der Waals surface area contributed by atoms with E-state index in [2.05, 4.69) is 5.32 Å². The quantitative estimate of drug-likeness (QED) is 0.548. The molecule has 30 heavy (non-hydrogen) atoms. The van der Waals surface area contributed by atoms with E-state index in [4.69, 9.17) is 34.8 Å². The molecule has 2 aromatic rings. The molecule has 1 atom stereocenters. The number of nitrogens with zero attached hydrogens (tertiary/aromatic N) is 1. The van der Waals surface area contributed by atoms with Gasteiger partial charge in [-0.3, -0.25) is 9.59 Å². The minimum Gasteiger partial charge on any atom is -0.350 e. The van der Waals surface area contributed by atoms with E-state index in [1.165, 1.54) is 0 Å². The first kappa shape index (κ1) is 24.5. The van der Waals surface area contributed by atoms with Crippen LogP contribution < -0.4 is 5.32 Å². The number of hydrogen-bond donors (Lipinski definition) is 1. The maximum atomic E-state index is 13.3.